The number of allylic oxidation sites excluding steroid dienone is 1. The van der Waals surface area contributed by atoms with Gasteiger partial charge in [0.15, 0.2) is 0 Å². The highest BCUT2D eigenvalue weighted by Crippen LogP contribution is 2.44. The van der Waals surface area contributed by atoms with Crippen LogP contribution in [0.15, 0.2) is 58.5 Å². The van der Waals surface area contributed by atoms with E-state index in [0.717, 1.165) is 37.0 Å². The van der Waals surface area contributed by atoms with Crippen molar-refractivity contribution in [3.05, 3.63) is 86.5 Å². The number of carbonyl (C=O) groups excluding carboxylic acids is 1. The van der Waals surface area contributed by atoms with E-state index in [0.29, 0.717) is 29.5 Å². The molecule has 0 spiro atoms. The Morgan fingerprint density at radius 2 is 1.98 bits per heavy atom. The number of benzene rings is 2. The van der Waals surface area contributed by atoms with Crippen LogP contribution < -0.4 is 10.6 Å². The third-order valence-corrected chi connectivity index (χ3v) is 8.09. The summed E-state index contributed by atoms with van der Waals surface area (Å²) in [5, 5.41) is 16.2. The number of hydrogen-bond acceptors (Lipinski definition) is 7. The van der Waals surface area contributed by atoms with Gasteiger partial charge >= 0.3 is 17.8 Å². The number of H-pyrrole nitrogens is 1. The Kier molecular flexibility index (Phi) is 7.72. The number of methoxy groups -OCH3 is 1. The van der Waals surface area contributed by atoms with Crippen LogP contribution in [0, 0.1) is 17.2 Å². The number of anilines is 2. The lowest BCUT2D eigenvalue weighted by molar-refractivity contribution is -0.138. The number of nitriles is 1. The highest BCUT2D eigenvalue weighted by molar-refractivity contribution is 5.93. The van der Waals surface area contributed by atoms with Gasteiger partial charge in [0, 0.05) is 17.4 Å². The van der Waals surface area contributed by atoms with E-state index in [2.05, 4.69) is 21.2 Å². The van der Waals surface area contributed by atoms with E-state index in [1.165, 1.54) is 28.7 Å². The van der Waals surface area contributed by atoms with Crippen LogP contribution in [0.3, 0.4) is 0 Å². The van der Waals surface area contributed by atoms with Crippen molar-refractivity contribution in [1.29, 1.82) is 5.26 Å². The summed E-state index contributed by atoms with van der Waals surface area (Å²) in [5.41, 5.74) is 0.687. The molecule has 2 aromatic carbocycles. The van der Waals surface area contributed by atoms with Gasteiger partial charge in [-0.1, -0.05) is 12.1 Å². The van der Waals surface area contributed by atoms with Crippen LogP contribution in [-0.2, 0) is 22.1 Å². The van der Waals surface area contributed by atoms with E-state index in [1.807, 2.05) is 14.1 Å². The summed E-state index contributed by atoms with van der Waals surface area (Å²) >= 11 is 0. The van der Waals surface area contributed by atoms with Gasteiger partial charge in [0.05, 0.1) is 29.9 Å². The second-order valence-corrected chi connectivity index (χ2v) is 10.9. The molecular weight excluding hydrogens is 549 g/mol. The molecule has 1 fully saturated rings. The Balaban J connectivity index is 1.69. The van der Waals surface area contributed by atoms with E-state index in [1.54, 1.807) is 25.1 Å². The number of aryl methyl sites for hydroxylation is 1. The summed E-state index contributed by atoms with van der Waals surface area (Å²) in [5.74, 6) is -0.129. The molecular formula is C30H31F3N6O3. The normalized spacial score (nSPS) is 17.7. The summed E-state index contributed by atoms with van der Waals surface area (Å²) < 4.78 is 47.2. The summed E-state index contributed by atoms with van der Waals surface area (Å²) in [4.78, 5) is 30.2. The standard InChI is InChI=1S/C30H31F3N6O3/c1-17-25(27(40)42-4)26(23-12-8-18(16-34)14-20(23)11-13-24(37(2)3)19-9-10-19)39-28(35-36-29(39)41)38(17)22-7-5-6-21(15-22)30(31,32)33/h5-8,12,14-15,19,24,26H,9-11,13H2,1-4H3,(H,36,41)/t24?,26-/m1/s1. The number of rotatable bonds is 8. The number of hydrogen-bond donors (Lipinski definition) is 1. The van der Waals surface area contributed by atoms with Crippen LogP contribution >= 0.6 is 0 Å². The Labute approximate surface area is 240 Å². The van der Waals surface area contributed by atoms with Crippen LogP contribution in [0.5, 0.6) is 0 Å². The molecule has 1 N–H and O–H groups in total. The number of nitrogens with zero attached hydrogens (tertiary/aromatic N) is 5. The van der Waals surface area contributed by atoms with Crippen LogP contribution in [0.25, 0.3) is 0 Å². The van der Waals surface area contributed by atoms with Crippen LogP contribution in [0.2, 0.25) is 0 Å². The molecule has 1 unspecified atom stereocenters. The number of carbonyl (C=O) groups is 1. The number of nitrogens with one attached hydrogen (secondary N) is 1. The molecule has 42 heavy (non-hydrogen) atoms. The lowest BCUT2D eigenvalue weighted by Gasteiger charge is -2.36. The van der Waals surface area contributed by atoms with Gasteiger partial charge < -0.3 is 9.64 Å². The summed E-state index contributed by atoms with van der Waals surface area (Å²) in [6.07, 6.45) is -0.918. The quantitative estimate of drug-likeness (QED) is 0.377. The van der Waals surface area contributed by atoms with Crippen molar-refractivity contribution in [2.24, 2.45) is 5.92 Å². The zero-order valence-electron chi connectivity index (χ0n) is 23.7. The second-order valence-electron chi connectivity index (χ2n) is 10.9. The average molecular weight is 581 g/mol. The number of esters is 1. The van der Waals surface area contributed by atoms with Crippen LogP contribution in [0.1, 0.15) is 54.5 Å². The van der Waals surface area contributed by atoms with Gasteiger partial charge in [-0.15, -0.1) is 5.10 Å². The fourth-order valence-electron chi connectivity index (χ4n) is 5.94. The van der Waals surface area contributed by atoms with Crippen molar-refractivity contribution >= 4 is 17.6 Å². The first kappa shape index (κ1) is 29.1. The Hall–Kier alpha value is -4.37. The minimum absolute atomic E-state index is 0.0222. The average Bonchev–Trinajstić information content (AvgIpc) is 3.73. The van der Waals surface area contributed by atoms with Gasteiger partial charge in [0.25, 0.3) is 0 Å². The number of halogens is 3. The topological polar surface area (TPSA) is 107 Å². The molecule has 0 radical (unpaired) electrons. The largest absolute Gasteiger partial charge is 0.466 e. The molecule has 1 aromatic heterocycles. The van der Waals surface area contributed by atoms with Gasteiger partial charge in [-0.3, -0.25) is 4.90 Å². The molecule has 1 aliphatic heterocycles. The van der Waals surface area contributed by atoms with Crippen LogP contribution in [-0.4, -0.2) is 52.9 Å². The molecule has 2 atom stereocenters. The molecule has 5 rings (SSSR count). The third kappa shape index (κ3) is 5.32. The lowest BCUT2D eigenvalue weighted by atomic mass is 9.87. The summed E-state index contributed by atoms with van der Waals surface area (Å²) in [6.45, 7) is 1.58. The molecule has 1 aliphatic carbocycles. The van der Waals surface area contributed by atoms with Crippen molar-refractivity contribution in [3.63, 3.8) is 0 Å². The first-order valence-corrected chi connectivity index (χ1v) is 13.6. The molecule has 1 saturated carbocycles. The van der Waals surface area contributed by atoms with E-state index < -0.39 is 29.4 Å². The lowest BCUT2D eigenvalue weighted by Crippen LogP contribution is -2.38. The number of ether oxygens (including phenoxy) is 1. The van der Waals surface area contributed by atoms with E-state index in [-0.39, 0.29) is 22.9 Å². The van der Waals surface area contributed by atoms with E-state index >= 15 is 0 Å². The van der Waals surface area contributed by atoms with Crippen molar-refractivity contribution in [1.82, 2.24) is 19.7 Å². The van der Waals surface area contributed by atoms with E-state index in [4.69, 9.17) is 4.74 Å². The SMILES string of the molecule is COC(=O)C1=C(C)N(c2cccc(C(F)(F)F)c2)c2n[nH]c(=O)n2[C@@H]1c1ccc(C#N)cc1CCC(C1CC1)N(C)C. The number of aromatic amines is 1. The van der Waals surface area contributed by atoms with Crippen LogP contribution in [0.4, 0.5) is 24.8 Å². The smallest absolute Gasteiger partial charge is 0.416 e. The summed E-state index contributed by atoms with van der Waals surface area (Å²) in [6, 6.07) is 11.2. The van der Waals surface area contributed by atoms with E-state index in [9.17, 15) is 28.0 Å². The zero-order chi connectivity index (χ0) is 30.3. The Bertz CT molecular complexity index is 1640. The molecule has 9 nitrogen and oxygen atoms in total. The maximum atomic E-state index is 13.6. The maximum Gasteiger partial charge on any atom is 0.416 e. The predicted molar refractivity (Wildman–Crippen MR) is 149 cm³/mol. The second kappa shape index (κ2) is 11.1. The van der Waals surface area contributed by atoms with Gasteiger partial charge in [0.2, 0.25) is 5.95 Å². The Morgan fingerprint density at radius 1 is 1.24 bits per heavy atom. The minimum atomic E-state index is -4.61. The Morgan fingerprint density at radius 3 is 2.60 bits per heavy atom. The molecule has 0 saturated heterocycles. The fourth-order valence-corrected chi connectivity index (χ4v) is 5.94. The van der Waals surface area contributed by atoms with Crippen molar-refractivity contribution in [2.75, 3.05) is 26.1 Å². The zero-order valence-corrected chi connectivity index (χ0v) is 23.7. The monoisotopic (exact) mass is 580 g/mol. The summed E-state index contributed by atoms with van der Waals surface area (Å²) in [7, 11) is 5.29. The van der Waals surface area contributed by atoms with Crippen molar-refractivity contribution in [2.45, 2.75) is 50.9 Å². The van der Waals surface area contributed by atoms with Gasteiger partial charge in [0.1, 0.15) is 6.04 Å². The number of aromatic nitrogens is 3. The molecule has 0 amide bonds. The molecule has 220 valence electrons. The molecule has 2 aliphatic rings. The highest BCUT2D eigenvalue weighted by atomic mass is 19.4. The van der Waals surface area contributed by atoms with Gasteiger partial charge in [-0.05, 0) is 94.1 Å². The number of fused-ring (bicyclic) bond motifs is 1. The maximum absolute atomic E-state index is 13.6. The molecule has 3 aromatic rings. The van der Waals surface area contributed by atoms with Crippen molar-refractivity contribution in [3.8, 4) is 6.07 Å². The molecule has 2 heterocycles. The van der Waals surface area contributed by atoms with Crippen molar-refractivity contribution < 1.29 is 22.7 Å². The predicted octanol–water partition coefficient (Wildman–Crippen LogP) is 4.92. The fraction of sp³-hybridized carbons (Fsp3) is 0.400. The first-order chi connectivity index (χ1) is 20.0. The number of alkyl halides is 3. The van der Waals surface area contributed by atoms with Gasteiger partial charge in [-0.25, -0.2) is 19.3 Å². The van der Waals surface area contributed by atoms with Gasteiger partial charge in [-0.2, -0.15) is 18.4 Å². The minimum Gasteiger partial charge on any atom is -0.466 e. The first-order valence-electron chi connectivity index (χ1n) is 13.6. The highest BCUT2D eigenvalue weighted by Gasteiger charge is 2.41. The molecule has 12 heteroatoms. The third-order valence-electron chi connectivity index (χ3n) is 8.09. The molecule has 0 bridgehead atoms.